The zero-order chi connectivity index (χ0) is 22.8. The van der Waals surface area contributed by atoms with Crippen LogP contribution in [0.5, 0.6) is 0 Å². The minimum Gasteiger partial charge on any atom is -0.378 e. The fraction of sp³-hybridized carbons (Fsp3) is 0.261. The van der Waals surface area contributed by atoms with Gasteiger partial charge in [0.15, 0.2) is 0 Å². The number of aryl methyl sites for hydroxylation is 2. The molecule has 1 N–H and O–H groups in total. The largest absolute Gasteiger partial charge is 0.378 e. The molecule has 3 aromatic rings. The van der Waals surface area contributed by atoms with Crippen molar-refractivity contribution >= 4 is 45.7 Å². The second-order valence-corrected chi connectivity index (χ2v) is 8.79. The molecule has 1 aliphatic rings. The van der Waals surface area contributed by atoms with Gasteiger partial charge in [0.2, 0.25) is 0 Å². The van der Waals surface area contributed by atoms with E-state index < -0.39 is 0 Å². The third-order valence-corrected chi connectivity index (χ3v) is 6.85. The average molecular weight is 468 g/mol. The second-order valence-electron chi connectivity index (χ2n) is 7.39. The van der Waals surface area contributed by atoms with Gasteiger partial charge in [-0.05, 0) is 30.2 Å². The number of amides is 1. The fourth-order valence-corrected chi connectivity index (χ4v) is 5.12. The Morgan fingerprint density at radius 1 is 1.38 bits per heavy atom. The number of halogens is 1. The van der Waals surface area contributed by atoms with Gasteiger partial charge < -0.3 is 15.0 Å². The highest BCUT2D eigenvalue weighted by Crippen LogP contribution is 2.43. The van der Waals surface area contributed by atoms with Crippen molar-refractivity contribution in [2.24, 2.45) is 7.05 Å². The minimum absolute atomic E-state index is 0.292. The number of carbonyl (C=O) groups excluding carboxylic acids is 1. The van der Waals surface area contributed by atoms with Crippen LogP contribution in [0.2, 0.25) is 5.02 Å². The van der Waals surface area contributed by atoms with Gasteiger partial charge >= 0.3 is 0 Å². The Hall–Kier alpha value is -3.12. The predicted molar refractivity (Wildman–Crippen MR) is 129 cm³/mol. The first-order chi connectivity index (χ1) is 15.4. The van der Waals surface area contributed by atoms with Crippen LogP contribution in [-0.2, 0) is 11.8 Å². The van der Waals surface area contributed by atoms with Crippen LogP contribution in [-0.4, -0.2) is 42.0 Å². The van der Waals surface area contributed by atoms with Crippen LogP contribution < -0.4 is 10.2 Å². The number of nitrogens with one attached hydrogen (secondary N) is 1. The number of rotatable bonds is 5. The maximum absolute atomic E-state index is 13.4. The quantitative estimate of drug-likeness (QED) is 0.587. The number of benzene rings is 1. The molecule has 7 nitrogen and oxygen atoms in total. The van der Waals surface area contributed by atoms with Crippen molar-refractivity contribution in [3.05, 3.63) is 57.6 Å². The van der Waals surface area contributed by atoms with Gasteiger partial charge in [-0.15, -0.1) is 11.3 Å². The smallest absolute Gasteiger partial charge is 0.267 e. The van der Waals surface area contributed by atoms with E-state index in [4.69, 9.17) is 16.3 Å². The number of anilines is 2. The number of nitrogens with zero attached hydrogens (tertiary/aromatic N) is 4. The van der Waals surface area contributed by atoms with E-state index in [1.807, 2.05) is 19.1 Å². The van der Waals surface area contributed by atoms with Crippen LogP contribution in [0.15, 0.2) is 30.8 Å². The standard InChI is InChI=1S/C23H22ClN5O2S/c1-4-15-12-16(5-6-18(15)24)20-17(13-25)23(29-7-9-31-10-8-29)32-21(20)22(30)26-19-11-14(2)27-28(19)3/h4-6,11-12H,1,7-10H2,2-3H3,(H,26,30). The van der Waals surface area contributed by atoms with E-state index in [0.717, 1.165) is 21.8 Å². The molecule has 0 spiro atoms. The molecule has 0 bridgehead atoms. The van der Waals surface area contributed by atoms with Gasteiger partial charge in [0.1, 0.15) is 21.8 Å². The van der Waals surface area contributed by atoms with Crippen LogP contribution in [0.1, 0.15) is 26.5 Å². The summed E-state index contributed by atoms with van der Waals surface area (Å²) in [7, 11) is 1.77. The number of hydrogen-bond donors (Lipinski definition) is 1. The van der Waals surface area contributed by atoms with Crippen LogP contribution >= 0.6 is 22.9 Å². The topological polar surface area (TPSA) is 83.2 Å². The molecule has 1 aromatic carbocycles. The molecular formula is C23H22ClN5O2S. The summed E-state index contributed by atoms with van der Waals surface area (Å²) in [5.41, 5.74) is 3.34. The minimum atomic E-state index is -0.292. The summed E-state index contributed by atoms with van der Waals surface area (Å²) < 4.78 is 7.08. The maximum Gasteiger partial charge on any atom is 0.267 e. The van der Waals surface area contributed by atoms with Crippen molar-refractivity contribution in [3.8, 4) is 17.2 Å². The SMILES string of the molecule is C=Cc1cc(-c2c(C(=O)Nc3cc(C)nn3C)sc(N3CCOCC3)c2C#N)ccc1Cl. The van der Waals surface area contributed by atoms with Crippen molar-refractivity contribution < 1.29 is 9.53 Å². The Morgan fingerprint density at radius 3 is 2.75 bits per heavy atom. The van der Waals surface area contributed by atoms with Crippen molar-refractivity contribution in [2.45, 2.75) is 6.92 Å². The number of nitriles is 1. The molecule has 4 rings (SSSR count). The van der Waals surface area contributed by atoms with E-state index in [2.05, 4.69) is 28.0 Å². The normalized spacial score (nSPS) is 13.6. The summed E-state index contributed by atoms with van der Waals surface area (Å²) in [6, 6.07) is 9.58. The van der Waals surface area contributed by atoms with E-state index in [9.17, 15) is 10.1 Å². The van der Waals surface area contributed by atoms with E-state index in [1.54, 1.807) is 29.9 Å². The first-order valence-corrected chi connectivity index (χ1v) is 11.3. The Balaban J connectivity index is 1.86. The summed E-state index contributed by atoms with van der Waals surface area (Å²) in [5, 5.41) is 18.7. The Kier molecular flexibility index (Phi) is 6.33. The van der Waals surface area contributed by atoms with Gasteiger partial charge in [0.25, 0.3) is 5.91 Å². The third-order valence-electron chi connectivity index (χ3n) is 5.25. The summed E-state index contributed by atoms with van der Waals surface area (Å²) in [6.07, 6.45) is 1.66. The van der Waals surface area contributed by atoms with Crippen molar-refractivity contribution in [2.75, 3.05) is 36.5 Å². The molecule has 0 aliphatic carbocycles. The molecule has 9 heteroatoms. The van der Waals surface area contributed by atoms with E-state index in [-0.39, 0.29) is 5.91 Å². The van der Waals surface area contributed by atoms with Crippen molar-refractivity contribution in [1.29, 1.82) is 5.26 Å². The molecule has 164 valence electrons. The maximum atomic E-state index is 13.4. The van der Waals surface area contributed by atoms with Crippen LogP contribution in [0.25, 0.3) is 17.2 Å². The lowest BCUT2D eigenvalue weighted by molar-refractivity contribution is 0.103. The van der Waals surface area contributed by atoms with Gasteiger partial charge in [-0.1, -0.05) is 30.3 Å². The lowest BCUT2D eigenvalue weighted by Gasteiger charge is -2.27. The third kappa shape index (κ3) is 4.15. The van der Waals surface area contributed by atoms with Crippen LogP contribution in [0.4, 0.5) is 10.8 Å². The monoisotopic (exact) mass is 467 g/mol. The number of carbonyl (C=O) groups is 1. The van der Waals surface area contributed by atoms with Crippen molar-refractivity contribution in [3.63, 3.8) is 0 Å². The summed E-state index contributed by atoms with van der Waals surface area (Å²) in [6.45, 7) is 8.16. The van der Waals surface area contributed by atoms with Gasteiger partial charge in [-0.25, -0.2) is 0 Å². The number of ether oxygens (including phenoxy) is 1. The van der Waals surface area contributed by atoms with Gasteiger partial charge in [0, 0.05) is 36.8 Å². The first-order valence-electron chi connectivity index (χ1n) is 10.1. The lowest BCUT2D eigenvalue weighted by Crippen LogP contribution is -2.36. The molecule has 0 unspecified atom stereocenters. The Morgan fingerprint density at radius 2 is 2.12 bits per heavy atom. The van der Waals surface area contributed by atoms with Gasteiger partial charge in [-0.3, -0.25) is 9.48 Å². The predicted octanol–water partition coefficient (Wildman–Crippen LogP) is 4.71. The highest BCUT2D eigenvalue weighted by atomic mass is 35.5. The molecule has 0 saturated carbocycles. The Labute approximate surface area is 195 Å². The zero-order valence-electron chi connectivity index (χ0n) is 17.8. The average Bonchev–Trinajstić information content (AvgIpc) is 3.33. The summed E-state index contributed by atoms with van der Waals surface area (Å²) in [5.74, 6) is 0.292. The van der Waals surface area contributed by atoms with Gasteiger partial charge in [0.05, 0.1) is 24.5 Å². The molecule has 1 fully saturated rings. The summed E-state index contributed by atoms with van der Waals surface area (Å²) in [4.78, 5) is 16.0. The number of morpholine rings is 1. The molecule has 32 heavy (non-hydrogen) atoms. The highest BCUT2D eigenvalue weighted by Gasteiger charge is 2.28. The highest BCUT2D eigenvalue weighted by molar-refractivity contribution is 7.19. The molecule has 1 aliphatic heterocycles. The second kappa shape index (κ2) is 9.17. The van der Waals surface area contributed by atoms with Crippen LogP contribution in [0, 0.1) is 18.3 Å². The molecule has 1 saturated heterocycles. The zero-order valence-corrected chi connectivity index (χ0v) is 19.4. The van der Waals surface area contributed by atoms with E-state index in [0.29, 0.717) is 53.1 Å². The molecule has 1 amide bonds. The summed E-state index contributed by atoms with van der Waals surface area (Å²) >= 11 is 7.59. The molecule has 3 heterocycles. The Bertz CT molecular complexity index is 1230. The van der Waals surface area contributed by atoms with E-state index in [1.165, 1.54) is 11.3 Å². The fourth-order valence-electron chi connectivity index (χ4n) is 3.70. The lowest BCUT2D eigenvalue weighted by atomic mass is 9.99. The van der Waals surface area contributed by atoms with E-state index >= 15 is 0 Å². The first kappa shape index (κ1) is 22.1. The molecule has 2 aromatic heterocycles. The number of thiophene rings is 1. The molecule has 0 radical (unpaired) electrons. The molecular weight excluding hydrogens is 446 g/mol. The van der Waals surface area contributed by atoms with Gasteiger partial charge in [-0.2, -0.15) is 10.4 Å². The number of aromatic nitrogens is 2. The van der Waals surface area contributed by atoms with Crippen LogP contribution in [0.3, 0.4) is 0 Å². The molecule has 0 atom stereocenters. The number of hydrogen-bond acceptors (Lipinski definition) is 6. The van der Waals surface area contributed by atoms with Crippen molar-refractivity contribution in [1.82, 2.24) is 9.78 Å².